The van der Waals surface area contributed by atoms with E-state index < -0.39 is 0 Å². The second-order valence-corrected chi connectivity index (χ2v) is 5.82. The Morgan fingerprint density at radius 1 is 1.00 bits per heavy atom. The fourth-order valence-electron chi connectivity index (χ4n) is 2.28. The van der Waals surface area contributed by atoms with E-state index >= 15 is 0 Å². The molecule has 1 unspecified atom stereocenters. The Labute approximate surface area is 123 Å². The van der Waals surface area contributed by atoms with Crippen LogP contribution in [0.4, 0.5) is 0 Å². The highest BCUT2D eigenvalue weighted by Gasteiger charge is 2.15. The minimum absolute atomic E-state index is 0.0201. The number of halogens is 1. The minimum atomic E-state index is 0.0201. The first kappa shape index (κ1) is 14.3. The maximum Gasteiger partial charge on any atom is 0.0712 e. The van der Waals surface area contributed by atoms with Gasteiger partial charge in [-0.1, -0.05) is 51.8 Å². The summed E-state index contributed by atoms with van der Waals surface area (Å²) in [6, 6.07) is 12.8. The van der Waals surface area contributed by atoms with E-state index in [1.165, 1.54) is 27.8 Å². The van der Waals surface area contributed by atoms with Gasteiger partial charge in [-0.25, -0.2) is 5.43 Å². The molecule has 2 nitrogen and oxygen atoms in total. The molecule has 2 aromatic rings. The van der Waals surface area contributed by atoms with E-state index in [1.54, 1.807) is 0 Å². The van der Waals surface area contributed by atoms with Crippen LogP contribution in [0.5, 0.6) is 0 Å². The van der Waals surface area contributed by atoms with Crippen molar-refractivity contribution in [3.63, 3.8) is 0 Å². The van der Waals surface area contributed by atoms with Gasteiger partial charge in [0.05, 0.1) is 6.04 Å². The van der Waals surface area contributed by atoms with E-state index in [9.17, 15) is 0 Å². The predicted molar refractivity (Wildman–Crippen MR) is 84.0 cm³/mol. The summed E-state index contributed by atoms with van der Waals surface area (Å²) in [6.45, 7) is 6.30. The Balaban J connectivity index is 2.49. The van der Waals surface area contributed by atoms with Crippen LogP contribution in [0.15, 0.2) is 40.9 Å². The number of hydrogen-bond donors (Lipinski definition) is 2. The number of nitrogens with two attached hydrogens (primary N) is 1. The third-order valence-electron chi connectivity index (χ3n) is 3.43. The highest BCUT2D eigenvalue weighted by atomic mass is 79.9. The van der Waals surface area contributed by atoms with Crippen LogP contribution in [0, 0.1) is 20.8 Å². The zero-order chi connectivity index (χ0) is 14.0. The van der Waals surface area contributed by atoms with Gasteiger partial charge in [0.15, 0.2) is 0 Å². The number of rotatable bonds is 3. The van der Waals surface area contributed by atoms with Gasteiger partial charge in [0.1, 0.15) is 0 Å². The first-order valence-electron chi connectivity index (χ1n) is 6.32. The topological polar surface area (TPSA) is 38.0 Å². The van der Waals surface area contributed by atoms with Crippen molar-refractivity contribution in [3.8, 4) is 0 Å². The van der Waals surface area contributed by atoms with Crippen molar-refractivity contribution < 1.29 is 0 Å². The van der Waals surface area contributed by atoms with Gasteiger partial charge in [-0.2, -0.15) is 0 Å². The van der Waals surface area contributed by atoms with Crippen molar-refractivity contribution >= 4 is 15.9 Å². The van der Waals surface area contributed by atoms with E-state index in [0.717, 1.165) is 4.47 Å². The standard InChI is InChI=1S/C16H19BrN2/c1-10-4-5-11(2)14(8-10)16(19-18)13-6-7-15(17)12(3)9-13/h4-9,16,19H,18H2,1-3H3. The van der Waals surface area contributed by atoms with Crippen molar-refractivity contribution in [2.75, 3.05) is 0 Å². The minimum Gasteiger partial charge on any atom is -0.271 e. The van der Waals surface area contributed by atoms with Crippen molar-refractivity contribution in [1.29, 1.82) is 0 Å². The quantitative estimate of drug-likeness (QED) is 0.664. The third-order valence-corrected chi connectivity index (χ3v) is 4.32. The highest BCUT2D eigenvalue weighted by Crippen LogP contribution is 2.28. The highest BCUT2D eigenvalue weighted by molar-refractivity contribution is 9.10. The van der Waals surface area contributed by atoms with Crippen molar-refractivity contribution in [2.45, 2.75) is 26.8 Å². The maximum atomic E-state index is 5.78. The Kier molecular flexibility index (Phi) is 4.40. The average molecular weight is 319 g/mol. The van der Waals surface area contributed by atoms with Gasteiger partial charge in [-0.05, 0) is 49.1 Å². The summed E-state index contributed by atoms with van der Waals surface area (Å²) in [5, 5.41) is 0. The molecule has 0 radical (unpaired) electrons. The molecule has 100 valence electrons. The summed E-state index contributed by atoms with van der Waals surface area (Å²) in [5.74, 6) is 5.78. The molecule has 0 fully saturated rings. The predicted octanol–water partition coefficient (Wildman–Crippen LogP) is 3.93. The average Bonchev–Trinajstić information content (AvgIpc) is 2.38. The molecule has 1 atom stereocenters. The number of hydrogen-bond acceptors (Lipinski definition) is 2. The van der Waals surface area contributed by atoms with Crippen LogP contribution in [-0.2, 0) is 0 Å². The van der Waals surface area contributed by atoms with Gasteiger partial charge in [0.25, 0.3) is 0 Å². The van der Waals surface area contributed by atoms with Gasteiger partial charge in [-0.3, -0.25) is 5.84 Å². The zero-order valence-corrected chi connectivity index (χ0v) is 13.1. The lowest BCUT2D eigenvalue weighted by Gasteiger charge is -2.20. The monoisotopic (exact) mass is 318 g/mol. The van der Waals surface area contributed by atoms with Gasteiger partial charge < -0.3 is 0 Å². The SMILES string of the molecule is Cc1ccc(C)c(C(NN)c2ccc(Br)c(C)c2)c1. The molecule has 0 saturated carbocycles. The maximum absolute atomic E-state index is 5.78. The second kappa shape index (κ2) is 5.87. The molecule has 0 aromatic heterocycles. The van der Waals surface area contributed by atoms with Crippen molar-refractivity contribution in [1.82, 2.24) is 5.43 Å². The summed E-state index contributed by atoms with van der Waals surface area (Å²) in [7, 11) is 0. The van der Waals surface area contributed by atoms with Gasteiger partial charge in [0.2, 0.25) is 0 Å². The molecular formula is C16H19BrN2. The van der Waals surface area contributed by atoms with Crippen LogP contribution in [0.3, 0.4) is 0 Å². The first-order chi connectivity index (χ1) is 9.02. The Morgan fingerprint density at radius 3 is 2.37 bits per heavy atom. The Bertz CT molecular complexity index is 593. The number of benzene rings is 2. The molecule has 0 saturated heterocycles. The van der Waals surface area contributed by atoms with Crippen molar-refractivity contribution in [2.24, 2.45) is 5.84 Å². The third kappa shape index (κ3) is 3.06. The van der Waals surface area contributed by atoms with E-state index in [0.29, 0.717) is 0 Å². The van der Waals surface area contributed by atoms with E-state index in [-0.39, 0.29) is 6.04 Å². The van der Waals surface area contributed by atoms with Crippen LogP contribution < -0.4 is 11.3 Å². The molecule has 0 amide bonds. The smallest absolute Gasteiger partial charge is 0.0712 e. The van der Waals surface area contributed by atoms with Crippen LogP contribution in [0.2, 0.25) is 0 Å². The molecule has 3 heteroatoms. The molecule has 0 heterocycles. The van der Waals surface area contributed by atoms with Crippen LogP contribution in [0.25, 0.3) is 0 Å². The molecule has 0 aliphatic rings. The summed E-state index contributed by atoms with van der Waals surface area (Å²) in [5.41, 5.74) is 9.04. The number of aryl methyl sites for hydroxylation is 3. The molecule has 2 aromatic carbocycles. The lowest BCUT2D eigenvalue weighted by atomic mass is 9.93. The zero-order valence-electron chi connectivity index (χ0n) is 11.5. The van der Waals surface area contributed by atoms with E-state index in [1.807, 2.05) is 0 Å². The summed E-state index contributed by atoms with van der Waals surface area (Å²) in [4.78, 5) is 0. The molecule has 0 aliphatic heterocycles. The molecular weight excluding hydrogens is 300 g/mol. The Morgan fingerprint density at radius 2 is 1.74 bits per heavy atom. The van der Waals surface area contributed by atoms with Gasteiger partial charge in [-0.15, -0.1) is 0 Å². The van der Waals surface area contributed by atoms with Gasteiger partial charge >= 0.3 is 0 Å². The van der Waals surface area contributed by atoms with E-state index in [2.05, 4.69) is 78.5 Å². The summed E-state index contributed by atoms with van der Waals surface area (Å²) >= 11 is 3.53. The fourth-order valence-corrected chi connectivity index (χ4v) is 2.53. The summed E-state index contributed by atoms with van der Waals surface area (Å²) in [6.07, 6.45) is 0. The van der Waals surface area contributed by atoms with Crippen LogP contribution >= 0.6 is 15.9 Å². The largest absolute Gasteiger partial charge is 0.271 e. The van der Waals surface area contributed by atoms with Crippen LogP contribution in [-0.4, -0.2) is 0 Å². The first-order valence-corrected chi connectivity index (χ1v) is 7.11. The Hall–Kier alpha value is -1.16. The van der Waals surface area contributed by atoms with Crippen molar-refractivity contribution in [3.05, 3.63) is 68.7 Å². The summed E-state index contributed by atoms with van der Waals surface area (Å²) < 4.78 is 1.12. The normalized spacial score (nSPS) is 12.5. The lowest BCUT2D eigenvalue weighted by Crippen LogP contribution is -2.29. The van der Waals surface area contributed by atoms with E-state index in [4.69, 9.17) is 5.84 Å². The molecule has 2 rings (SSSR count). The van der Waals surface area contributed by atoms with Crippen LogP contribution in [0.1, 0.15) is 33.9 Å². The molecule has 0 aliphatic carbocycles. The number of nitrogens with one attached hydrogen (secondary N) is 1. The van der Waals surface area contributed by atoms with Gasteiger partial charge in [0, 0.05) is 4.47 Å². The molecule has 0 bridgehead atoms. The fraction of sp³-hybridized carbons (Fsp3) is 0.250. The second-order valence-electron chi connectivity index (χ2n) is 4.97. The number of hydrazine groups is 1. The molecule has 3 N–H and O–H groups in total. The molecule has 19 heavy (non-hydrogen) atoms. The molecule has 0 spiro atoms. The lowest BCUT2D eigenvalue weighted by molar-refractivity contribution is 0.633.